The van der Waals surface area contributed by atoms with E-state index in [1.165, 1.54) is 11.3 Å². The third kappa shape index (κ3) is 2.46. The number of amides is 1. The molecule has 3 rings (SSSR count). The summed E-state index contributed by atoms with van der Waals surface area (Å²) in [5.41, 5.74) is 1.27. The molecule has 3 aromatic rings. The summed E-state index contributed by atoms with van der Waals surface area (Å²) in [5, 5.41) is 3.89. The van der Waals surface area contributed by atoms with Crippen LogP contribution in [0.15, 0.2) is 54.6 Å². The molecule has 1 aromatic heterocycles. The maximum Gasteiger partial charge on any atom is 0.265 e. The molecule has 3 nitrogen and oxygen atoms in total. The molecule has 0 aliphatic rings. The third-order valence-electron chi connectivity index (χ3n) is 2.95. The molecule has 0 bridgehead atoms. The molecule has 0 atom stereocenters. The number of aldehydes is 1. The highest BCUT2D eigenvalue weighted by Crippen LogP contribution is 2.25. The molecule has 1 amide bonds. The number of anilines is 1. The van der Waals surface area contributed by atoms with Gasteiger partial charge in [-0.3, -0.25) is 9.59 Å². The van der Waals surface area contributed by atoms with E-state index < -0.39 is 0 Å². The van der Waals surface area contributed by atoms with Crippen LogP contribution in [-0.4, -0.2) is 12.2 Å². The summed E-state index contributed by atoms with van der Waals surface area (Å²) in [6.45, 7) is 0. The first-order valence-electron chi connectivity index (χ1n) is 6.11. The highest BCUT2D eigenvalue weighted by Gasteiger charge is 2.10. The first-order valence-corrected chi connectivity index (χ1v) is 6.93. The Bertz CT molecular complexity index is 742. The topological polar surface area (TPSA) is 46.2 Å². The molecule has 98 valence electrons. The van der Waals surface area contributed by atoms with Crippen LogP contribution in [0.1, 0.15) is 20.0 Å². The van der Waals surface area contributed by atoms with Gasteiger partial charge in [-0.15, -0.1) is 11.3 Å². The van der Waals surface area contributed by atoms with Crippen LogP contribution in [0.3, 0.4) is 0 Å². The number of hydrogen-bond acceptors (Lipinski definition) is 3. The SMILES string of the molecule is O=Cc1ccc(NC(=O)c2cc3ccccc3s2)cc1. The molecular weight excluding hydrogens is 270 g/mol. The van der Waals surface area contributed by atoms with Gasteiger partial charge in [0.25, 0.3) is 5.91 Å². The van der Waals surface area contributed by atoms with E-state index in [9.17, 15) is 9.59 Å². The van der Waals surface area contributed by atoms with Crippen molar-refractivity contribution in [3.05, 3.63) is 65.0 Å². The van der Waals surface area contributed by atoms with Gasteiger partial charge in [0.2, 0.25) is 0 Å². The van der Waals surface area contributed by atoms with Gasteiger partial charge in [0.1, 0.15) is 6.29 Å². The molecule has 4 heteroatoms. The molecule has 2 aromatic carbocycles. The van der Waals surface area contributed by atoms with Crippen LogP contribution in [-0.2, 0) is 0 Å². The summed E-state index contributed by atoms with van der Waals surface area (Å²) in [4.78, 5) is 23.4. The van der Waals surface area contributed by atoms with Gasteiger partial charge < -0.3 is 5.32 Å². The van der Waals surface area contributed by atoms with Crippen LogP contribution in [0.2, 0.25) is 0 Å². The second-order valence-corrected chi connectivity index (χ2v) is 5.43. The van der Waals surface area contributed by atoms with Crippen molar-refractivity contribution in [1.29, 1.82) is 0 Å². The Kier molecular flexibility index (Phi) is 3.31. The lowest BCUT2D eigenvalue weighted by molar-refractivity contribution is 0.103. The van der Waals surface area contributed by atoms with Crippen molar-refractivity contribution < 1.29 is 9.59 Å². The summed E-state index contributed by atoms with van der Waals surface area (Å²) in [6.07, 6.45) is 0.775. The number of fused-ring (bicyclic) bond motifs is 1. The molecule has 1 heterocycles. The largest absolute Gasteiger partial charge is 0.321 e. The number of nitrogens with one attached hydrogen (secondary N) is 1. The van der Waals surface area contributed by atoms with Crippen LogP contribution >= 0.6 is 11.3 Å². The Hall–Kier alpha value is -2.46. The van der Waals surface area contributed by atoms with Gasteiger partial charge in [-0.2, -0.15) is 0 Å². The van der Waals surface area contributed by atoms with Gasteiger partial charge >= 0.3 is 0 Å². The van der Waals surface area contributed by atoms with E-state index in [1.54, 1.807) is 24.3 Å². The predicted octanol–water partition coefficient (Wildman–Crippen LogP) is 3.97. The maximum absolute atomic E-state index is 12.2. The van der Waals surface area contributed by atoms with Crippen molar-refractivity contribution in [2.75, 3.05) is 5.32 Å². The van der Waals surface area contributed by atoms with Crippen molar-refractivity contribution in [2.24, 2.45) is 0 Å². The molecule has 0 aliphatic carbocycles. The van der Waals surface area contributed by atoms with Crippen LogP contribution < -0.4 is 5.32 Å². The van der Waals surface area contributed by atoms with Gasteiger partial charge in [-0.25, -0.2) is 0 Å². The Balaban J connectivity index is 1.82. The van der Waals surface area contributed by atoms with Crippen molar-refractivity contribution in [3.63, 3.8) is 0 Å². The first kappa shape index (κ1) is 12.6. The van der Waals surface area contributed by atoms with Gasteiger partial charge in [0, 0.05) is 16.0 Å². The smallest absolute Gasteiger partial charge is 0.265 e. The first-order chi connectivity index (χ1) is 9.76. The van der Waals surface area contributed by atoms with E-state index in [1.807, 2.05) is 30.3 Å². The van der Waals surface area contributed by atoms with E-state index in [-0.39, 0.29) is 5.91 Å². The minimum atomic E-state index is -0.134. The molecule has 0 radical (unpaired) electrons. The summed E-state index contributed by atoms with van der Waals surface area (Å²) in [7, 11) is 0. The zero-order chi connectivity index (χ0) is 13.9. The highest BCUT2D eigenvalue weighted by molar-refractivity contribution is 7.20. The zero-order valence-corrected chi connectivity index (χ0v) is 11.3. The van der Waals surface area contributed by atoms with Crippen molar-refractivity contribution in [2.45, 2.75) is 0 Å². The Labute approximate surface area is 119 Å². The predicted molar refractivity (Wildman–Crippen MR) is 81.6 cm³/mol. The van der Waals surface area contributed by atoms with E-state index in [0.29, 0.717) is 16.1 Å². The van der Waals surface area contributed by atoms with E-state index >= 15 is 0 Å². The lowest BCUT2D eigenvalue weighted by atomic mass is 10.2. The molecular formula is C16H11NO2S. The number of thiophene rings is 1. The standard InChI is InChI=1S/C16H11NO2S/c18-10-11-5-7-13(8-6-11)17-16(19)15-9-12-3-1-2-4-14(12)20-15/h1-10H,(H,17,19). The second kappa shape index (κ2) is 5.27. The van der Waals surface area contributed by atoms with Crippen LogP contribution in [0, 0.1) is 0 Å². The van der Waals surface area contributed by atoms with Crippen molar-refractivity contribution >= 4 is 39.3 Å². The van der Waals surface area contributed by atoms with Gasteiger partial charge in [-0.05, 0) is 41.8 Å². The van der Waals surface area contributed by atoms with Crippen molar-refractivity contribution in [3.8, 4) is 0 Å². The van der Waals surface area contributed by atoms with Crippen LogP contribution in [0.5, 0.6) is 0 Å². The quantitative estimate of drug-likeness (QED) is 0.738. The molecule has 20 heavy (non-hydrogen) atoms. The van der Waals surface area contributed by atoms with Gasteiger partial charge in [-0.1, -0.05) is 18.2 Å². The molecule has 0 unspecified atom stereocenters. The average Bonchev–Trinajstić information content (AvgIpc) is 2.92. The zero-order valence-electron chi connectivity index (χ0n) is 10.5. The van der Waals surface area contributed by atoms with Gasteiger partial charge in [0.05, 0.1) is 4.88 Å². The summed E-state index contributed by atoms with van der Waals surface area (Å²) >= 11 is 1.46. The van der Waals surface area contributed by atoms with Gasteiger partial charge in [0.15, 0.2) is 0 Å². The number of benzene rings is 2. The lowest BCUT2D eigenvalue weighted by Gasteiger charge is -2.03. The summed E-state index contributed by atoms with van der Waals surface area (Å²) < 4.78 is 1.09. The Morgan fingerprint density at radius 1 is 1.05 bits per heavy atom. The molecule has 0 aliphatic heterocycles. The van der Waals surface area contributed by atoms with E-state index in [2.05, 4.69) is 5.32 Å². The normalized spacial score (nSPS) is 10.4. The molecule has 0 saturated heterocycles. The van der Waals surface area contributed by atoms with Crippen LogP contribution in [0.4, 0.5) is 5.69 Å². The Morgan fingerprint density at radius 3 is 2.50 bits per heavy atom. The number of hydrogen-bond donors (Lipinski definition) is 1. The Morgan fingerprint density at radius 2 is 1.80 bits per heavy atom. The van der Waals surface area contributed by atoms with Crippen LogP contribution in [0.25, 0.3) is 10.1 Å². The minimum absolute atomic E-state index is 0.134. The number of carbonyl (C=O) groups is 2. The maximum atomic E-state index is 12.2. The fraction of sp³-hybridized carbons (Fsp3) is 0. The third-order valence-corrected chi connectivity index (χ3v) is 4.07. The monoisotopic (exact) mass is 281 g/mol. The average molecular weight is 281 g/mol. The highest BCUT2D eigenvalue weighted by atomic mass is 32.1. The van der Waals surface area contributed by atoms with E-state index in [4.69, 9.17) is 0 Å². The summed E-state index contributed by atoms with van der Waals surface area (Å²) in [6, 6.07) is 16.6. The number of carbonyl (C=O) groups excluding carboxylic acids is 2. The fourth-order valence-electron chi connectivity index (χ4n) is 1.93. The molecule has 0 saturated carbocycles. The summed E-state index contributed by atoms with van der Waals surface area (Å²) in [5.74, 6) is -0.134. The van der Waals surface area contributed by atoms with Crippen molar-refractivity contribution in [1.82, 2.24) is 0 Å². The molecule has 0 spiro atoms. The van der Waals surface area contributed by atoms with E-state index in [0.717, 1.165) is 16.4 Å². The fourth-order valence-corrected chi connectivity index (χ4v) is 2.89. The molecule has 0 fully saturated rings. The lowest BCUT2D eigenvalue weighted by Crippen LogP contribution is -2.09. The minimum Gasteiger partial charge on any atom is -0.321 e. The molecule has 1 N–H and O–H groups in total. The number of rotatable bonds is 3. The second-order valence-electron chi connectivity index (χ2n) is 4.34.